The summed E-state index contributed by atoms with van der Waals surface area (Å²) in [5.41, 5.74) is 18.7. The lowest BCUT2D eigenvalue weighted by molar-refractivity contribution is 1.18. The fourth-order valence-electron chi connectivity index (χ4n) is 9.91. The van der Waals surface area contributed by atoms with Crippen LogP contribution >= 0.6 is 0 Å². The second-order valence-electron chi connectivity index (χ2n) is 15.9. The number of fused-ring (bicyclic) bond motifs is 9. The van der Waals surface area contributed by atoms with Gasteiger partial charge in [0.05, 0.1) is 33.5 Å². The molecule has 0 saturated heterocycles. The number of hydrogen-bond acceptors (Lipinski definition) is 1. The maximum absolute atomic E-state index is 5.41. The molecule has 1 aliphatic rings. The zero-order valence-corrected chi connectivity index (χ0v) is 32.5. The maximum Gasteiger partial charge on any atom is 0.0800 e. The number of hydrogen-bond donors (Lipinski definition) is 0. The normalized spacial score (nSPS) is 12.0. The molecule has 9 aromatic carbocycles. The van der Waals surface area contributed by atoms with Gasteiger partial charge in [0.15, 0.2) is 0 Å². The number of nitrogens with zero attached hydrogens (tertiary/aromatic N) is 3. The molecule has 3 aromatic heterocycles. The van der Waals surface area contributed by atoms with Crippen molar-refractivity contribution in [3.05, 3.63) is 212 Å². The highest BCUT2D eigenvalue weighted by molar-refractivity contribution is 6.16. The molecule has 3 heterocycles. The van der Waals surface area contributed by atoms with Crippen LogP contribution in [0.3, 0.4) is 0 Å². The Morgan fingerprint density at radius 1 is 0.300 bits per heavy atom. The first-order valence-corrected chi connectivity index (χ1v) is 20.6. The second kappa shape index (κ2) is 12.7. The summed E-state index contributed by atoms with van der Waals surface area (Å²) in [6.07, 6.45) is 0. The summed E-state index contributed by atoms with van der Waals surface area (Å²) in [4.78, 5) is 5.41. The summed E-state index contributed by atoms with van der Waals surface area (Å²) < 4.78 is 4.81. The lowest BCUT2D eigenvalue weighted by Gasteiger charge is -2.11. The van der Waals surface area contributed by atoms with E-state index in [4.69, 9.17) is 4.98 Å². The van der Waals surface area contributed by atoms with E-state index in [2.05, 4.69) is 221 Å². The van der Waals surface area contributed by atoms with Crippen LogP contribution in [0.2, 0.25) is 0 Å². The lowest BCUT2D eigenvalue weighted by Crippen LogP contribution is -1.94. The summed E-state index contributed by atoms with van der Waals surface area (Å²) in [6, 6.07) is 77.4. The van der Waals surface area contributed by atoms with Crippen molar-refractivity contribution in [2.75, 3.05) is 0 Å². The van der Waals surface area contributed by atoms with E-state index in [9.17, 15) is 0 Å². The first-order valence-electron chi connectivity index (χ1n) is 20.6. The molecule has 0 radical (unpaired) electrons. The molecule has 0 spiro atoms. The van der Waals surface area contributed by atoms with Crippen LogP contribution in [-0.4, -0.2) is 14.1 Å². The SMILES string of the molecule is c1ccc(-c2cccc(-n3c4ccc(-c5ccc6c(c5)c5ccccc5n6-c5ccccc5)cc4c4cc(-c5cc6cccc7c6c(n5)-c5ccccc5-7)ccc43)c2)cc1. The van der Waals surface area contributed by atoms with Gasteiger partial charge in [0.25, 0.3) is 0 Å². The maximum atomic E-state index is 5.41. The molecule has 0 saturated carbocycles. The van der Waals surface area contributed by atoms with Crippen LogP contribution in [0.4, 0.5) is 0 Å². The average Bonchev–Trinajstić information content (AvgIpc) is 3.95. The standard InChI is InChI=1S/C57H35N3/c1-3-13-36(14-4-1)37-15-11-19-43(31-37)60-54-29-26-39(38-25-28-53-48(32-38)45-21-9-10-24-52(45)59(53)42-17-5-2-6-18-42)33-49(54)50-34-40(27-30-55(50)60)51-35-41-16-12-23-46-44-20-7-8-22-47(44)57(58-51)56(41)46/h1-35H. The van der Waals surface area contributed by atoms with Gasteiger partial charge < -0.3 is 9.13 Å². The number of aromatic nitrogens is 3. The lowest BCUT2D eigenvalue weighted by atomic mass is 9.99. The first kappa shape index (κ1) is 33.0. The van der Waals surface area contributed by atoms with E-state index in [0.29, 0.717) is 0 Å². The van der Waals surface area contributed by atoms with Crippen molar-refractivity contribution in [3.63, 3.8) is 0 Å². The Bertz CT molecular complexity index is 3700. The Hall–Kier alpha value is -8.01. The highest BCUT2D eigenvalue weighted by atomic mass is 15.0. The summed E-state index contributed by atoms with van der Waals surface area (Å²) in [5.74, 6) is 0. The molecule has 0 atom stereocenters. The predicted molar refractivity (Wildman–Crippen MR) is 251 cm³/mol. The number of para-hydroxylation sites is 2. The van der Waals surface area contributed by atoms with Gasteiger partial charge in [-0.2, -0.15) is 0 Å². The minimum atomic E-state index is 0.983. The highest BCUT2D eigenvalue weighted by Gasteiger charge is 2.24. The zero-order valence-electron chi connectivity index (χ0n) is 32.5. The van der Waals surface area contributed by atoms with Gasteiger partial charge in [-0.3, -0.25) is 0 Å². The van der Waals surface area contributed by atoms with Crippen molar-refractivity contribution in [1.82, 2.24) is 14.1 Å². The average molecular weight is 762 g/mol. The van der Waals surface area contributed by atoms with Crippen molar-refractivity contribution in [2.24, 2.45) is 0 Å². The largest absolute Gasteiger partial charge is 0.309 e. The van der Waals surface area contributed by atoms with Crippen LogP contribution in [0, 0.1) is 0 Å². The van der Waals surface area contributed by atoms with Crippen LogP contribution in [0.15, 0.2) is 212 Å². The van der Waals surface area contributed by atoms with Crippen molar-refractivity contribution in [3.8, 4) is 67.3 Å². The highest BCUT2D eigenvalue weighted by Crippen LogP contribution is 2.47. The summed E-state index contributed by atoms with van der Waals surface area (Å²) >= 11 is 0. The fourth-order valence-corrected chi connectivity index (χ4v) is 9.91. The molecule has 13 rings (SSSR count). The van der Waals surface area contributed by atoms with Crippen molar-refractivity contribution < 1.29 is 0 Å². The van der Waals surface area contributed by atoms with Gasteiger partial charge in [-0.1, -0.05) is 140 Å². The molecule has 0 fully saturated rings. The van der Waals surface area contributed by atoms with Crippen molar-refractivity contribution >= 4 is 54.4 Å². The van der Waals surface area contributed by atoms with Crippen LogP contribution in [0.1, 0.15) is 0 Å². The molecular weight excluding hydrogens is 727 g/mol. The Morgan fingerprint density at radius 3 is 1.58 bits per heavy atom. The Balaban J connectivity index is 1.03. The van der Waals surface area contributed by atoms with Gasteiger partial charge in [0, 0.05) is 49.4 Å². The molecule has 60 heavy (non-hydrogen) atoms. The van der Waals surface area contributed by atoms with E-state index < -0.39 is 0 Å². The van der Waals surface area contributed by atoms with Gasteiger partial charge in [-0.15, -0.1) is 0 Å². The van der Waals surface area contributed by atoms with E-state index in [1.165, 1.54) is 87.8 Å². The monoisotopic (exact) mass is 761 g/mol. The smallest absolute Gasteiger partial charge is 0.0800 e. The van der Waals surface area contributed by atoms with Gasteiger partial charge in [-0.05, 0) is 112 Å². The summed E-state index contributed by atoms with van der Waals surface area (Å²) in [5, 5.41) is 7.36. The van der Waals surface area contributed by atoms with Crippen LogP contribution in [-0.2, 0) is 0 Å². The Labute approximate surface area is 346 Å². The van der Waals surface area contributed by atoms with E-state index in [-0.39, 0.29) is 0 Å². The molecule has 12 aromatic rings. The van der Waals surface area contributed by atoms with Gasteiger partial charge in [0.2, 0.25) is 0 Å². The molecule has 1 aliphatic carbocycles. The van der Waals surface area contributed by atoms with E-state index >= 15 is 0 Å². The predicted octanol–water partition coefficient (Wildman–Crippen LogP) is 15.1. The number of benzene rings is 9. The molecule has 3 heteroatoms. The van der Waals surface area contributed by atoms with E-state index in [1.807, 2.05) is 0 Å². The third-order valence-electron chi connectivity index (χ3n) is 12.6. The van der Waals surface area contributed by atoms with Crippen LogP contribution in [0.5, 0.6) is 0 Å². The Morgan fingerprint density at radius 2 is 0.817 bits per heavy atom. The molecule has 0 N–H and O–H groups in total. The van der Waals surface area contributed by atoms with Crippen molar-refractivity contribution in [1.29, 1.82) is 0 Å². The number of pyridine rings is 1. The molecular formula is C57H35N3. The first-order chi connectivity index (χ1) is 29.7. The zero-order chi connectivity index (χ0) is 39.3. The molecule has 0 amide bonds. The minimum absolute atomic E-state index is 0.983. The van der Waals surface area contributed by atoms with E-state index in [1.54, 1.807) is 0 Å². The van der Waals surface area contributed by atoms with Gasteiger partial charge >= 0.3 is 0 Å². The molecule has 278 valence electrons. The summed E-state index contributed by atoms with van der Waals surface area (Å²) in [7, 11) is 0. The minimum Gasteiger partial charge on any atom is -0.309 e. The topological polar surface area (TPSA) is 22.8 Å². The third kappa shape index (κ3) is 4.87. The molecule has 0 aliphatic heterocycles. The quantitative estimate of drug-likeness (QED) is 0.171. The molecule has 0 unspecified atom stereocenters. The van der Waals surface area contributed by atoms with Gasteiger partial charge in [0.1, 0.15) is 0 Å². The fraction of sp³-hybridized carbons (Fsp3) is 0. The summed E-state index contributed by atoms with van der Waals surface area (Å²) in [6.45, 7) is 0. The number of rotatable bonds is 5. The van der Waals surface area contributed by atoms with Crippen molar-refractivity contribution in [2.45, 2.75) is 0 Å². The molecule has 0 bridgehead atoms. The second-order valence-corrected chi connectivity index (χ2v) is 15.9. The van der Waals surface area contributed by atoms with Crippen LogP contribution in [0.25, 0.3) is 122 Å². The third-order valence-corrected chi connectivity index (χ3v) is 12.6. The molecule has 3 nitrogen and oxygen atoms in total. The van der Waals surface area contributed by atoms with Crippen LogP contribution < -0.4 is 0 Å². The van der Waals surface area contributed by atoms with Gasteiger partial charge in [-0.25, -0.2) is 4.98 Å². The van der Waals surface area contributed by atoms with E-state index in [0.717, 1.165) is 33.8 Å². The Kier molecular flexibility index (Phi) is 7.01.